The number of rotatable bonds is 2. The summed E-state index contributed by atoms with van der Waals surface area (Å²) in [4.78, 5) is 4.98. The Bertz CT molecular complexity index is 636. The third-order valence-electron chi connectivity index (χ3n) is 6.04. The molecule has 0 saturated heterocycles. The molecule has 0 N–H and O–H groups in total. The third-order valence-corrected chi connectivity index (χ3v) is 6.04. The average Bonchev–Trinajstić information content (AvgIpc) is 3.11. The van der Waals surface area contributed by atoms with Crippen LogP contribution in [0, 0.1) is 11.3 Å². The van der Waals surface area contributed by atoms with E-state index in [0.717, 1.165) is 18.7 Å². The van der Waals surface area contributed by atoms with Crippen molar-refractivity contribution in [3.63, 3.8) is 0 Å². The van der Waals surface area contributed by atoms with Crippen molar-refractivity contribution in [3.05, 3.63) is 34.4 Å². The fraction of sp³-hybridized carbons (Fsp3) is 0.650. The summed E-state index contributed by atoms with van der Waals surface area (Å²) in [6.45, 7) is 9.11. The van der Waals surface area contributed by atoms with Crippen molar-refractivity contribution >= 4 is 5.90 Å². The van der Waals surface area contributed by atoms with Gasteiger partial charge < -0.3 is 4.74 Å². The number of fused-ring (bicyclic) bond motifs is 3. The average molecular weight is 297 g/mol. The number of hydrogen-bond acceptors (Lipinski definition) is 2. The molecule has 4 aliphatic rings. The van der Waals surface area contributed by atoms with E-state index in [0.29, 0.717) is 17.4 Å². The lowest BCUT2D eigenvalue weighted by atomic mass is 9.87. The lowest BCUT2D eigenvalue weighted by molar-refractivity contribution is 0.217. The number of allylic oxidation sites excluding steroid dienone is 3. The Hall–Kier alpha value is -1.31. The number of hydrogen-bond donors (Lipinski definition) is 0. The SMILES string of the molecule is CCC1(C)C=C(C2=NC3CC3C3=C(C)C=C(C)CC3O2)CC1. The first kappa shape index (κ1) is 14.3. The molecule has 4 atom stereocenters. The summed E-state index contributed by atoms with van der Waals surface area (Å²) in [5.41, 5.74) is 6.10. The predicted molar refractivity (Wildman–Crippen MR) is 91.0 cm³/mol. The summed E-state index contributed by atoms with van der Waals surface area (Å²) in [6, 6.07) is 0.478. The zero-order chi connectivity index (χ0) is 15.5. The summed E-state index contributed by atoms with van der Waals surface area (Å²) in [5, 5.41) is 0. The molecule has 1 heterocycles. The fourth-order valence-electron chi connectivity index (χ4n) is 4.37. The van der Waals surface area contributed by atoms with Crippen molar-refractivity contribution < 1.29 is 4.74 Å². The van der Waals surface area contributed by atoms with E-state index in [1.807, 2.05) is 0 Å². The first-order chi connectivity index (χ1) is 10.5. The maximum atomic E-state index is 6.46. The molecule has 0 amide bonds. The van der Waals surface area contributed by atoms with E-state index in [4.69, 9.17) is 9.73 Å². The molecule has 0 aromatic carbocycles. The summed E-state index contributed by atoms with van der Waals surface area (Å²) >= 11 is 0. The van der Waals surface area contributed by atoms with E-state index in [2.05, 4.69) is 39.8 Å². The normalized spacial score (nSPS) is 40.0. The van der Waals surface area contributed by atoms with Gasteiger partial charge >= 0.3 is 0 Å². The van der Waals surface area contributed by atoms with Crippen LogP contribution in [0.25, 0.3) is 0 Å². The fourth-order valence-corrected chi connectivity index (χ4v) is 4.37. The minimum atomic E-state index is 0.232. The van der Waals surface area contributed by atoms with Gasteiger partial charge in [0.25, 0.3) is 0 Å². The Morgan fingerprint density at radius 3 is 2.91 bits per heavy atom. The van der Waals surface area contributed by atoms with Gasteiger partial charge in [-0.2, -0.15) is 0 Å². The van der Waals surface area contributed by atoms with Crippen LogP contribution >= 0.6 is 0 Å². The maximum Gasteiger partial charge on any atom is 0.212 e. The molecule has 0 radical (unpaired) electrons. The standard InChI is InChI=1S/C20H27NO/c1-5-20(4)7-6-14(11-20)19-21-16-10-15(16)18-13(3)8-12(2)9-17(18)22-19/h8,11,15-17H,5-7,9-10H2,1-4H3. The van der Waals surface area contributed by atoms with Crippen molar-refractivity contribution in [1.82, 2.24) is 0 Å². The summed E-state index contributed by atoms with van der Waals surface area (Å²) < 4.78 is 6.46. The predicted octanol–water partition coefficient (Wildman–Crippen LogP) is 4.98. The minimum absolute atomic E-state index is 0.232. The van der Waals surface area contributed by atoms with Gasteiger partial charge in [-0.05, 0) is 56.1 Å². The molecule has 0 spiro atoms. The van der Waals surface area contributed by atoms with Gasteiger partial charge in [-0.15, -0.1) is 0 Å². The van der Waals surface area contributed by atoms with E-state index in [1.54, 1.807) is 0 Å². The van der Waals surface area contributed by atoms with E-state index in [9.17, 15) is 0 Å². The first-order valence-electron chi connectivity index (χ1n) is 8.83. The molecule has 118 valence electrons. The number of aliphatic imine (C=N–C) groups is 1. The highest BCUT2D eigenvalue weighted by Gasteiger charge is 2.48. The number of ether oxygens (including phenoxy) is 1. The topological polar surface area (TPSA) is 21.6 Å². The van der Waals surface area contributed by atoms with Gasteiger partial charge in [0, 0.05) is 17.9 Å². The molecule has 1 saturated carbocycles. The monoisotopic (exact) mass is 297 g/mol. The first-order valence-corrected chi connectivity index (χ1v) is 8.83. The molecule has 1 aliphatic heterocycles. The quantitative estimate of drug-likeness (QED) is 0.704. The second-order valence-corrected chi connectivity index (χ2v) is 7.96. The van der Waals surface area contributed by atoms with Gasteiger partial charge in [0.2, 0.25) is 5.90 Å². The van der Waals surface area contributed by atoms with Crippen molar-refractivity contribution in [2.45, 2.75) is 71.9 Å². The number of nitrogens with zero attached hydrogens (tertiary/aromatic N) is 1. The molecule has 4 unspecified atom stereocenters. The van der Waals surface area contributed by atoms with Crippen LogP contribution in [0.1, 0.15) is 59.8 Å². The molecule has 0 bridgehead atoms. The van der Waals surface area contributed by atoms with Crippen LogP contribution in [-0.2, 0) is 4.74 Å². The van der Waals surface area contributed by atoms with Gasteiger partial charge in [0.15, 0.2) is 0 Å². The smallest absolute Gasteiger partial charge is 0.212 e. The van der Waals surface area contributed by atoms with Crippen molar-refractivity contribution in [2.75, 3.05) is 0 Å². The zero-order valence-corrected chi connectivity index (χ0v) is 14.3. The molecule has 0 aromatic heterocycles. The zero-order valence-electron chi connectivity index (χ0n) is 14.3. The molecular weight excluding hydrogens is 270 g/mol. The van der Waals surface area contributed by atoms with Gasteiger partial charge in [-0.25, -0.2) is 4.99 Å². The van der Waals surface area contributed by atoms with Gasteiger partial charge in [0.1, 0.15) is 6.10 Å². The van der Waals surface area contributed by atoms with E-state index in [1.165, 1.54) is 41.6 Å². The van der Waals surface area contributed by atoms with E-state index >= 15 is 0 Å². The van der Waals surface area contributed by atoms with E-state index < -0.39 is 0 Å². The second-order valence-electron chi connectivity index (χ2n) is 7.96. The van der Waals surface area contributed by atoms with Crippen LogP contribution < -0.4 is 0 Å². The van der Waals surface area contributed by atoms with Crippen LogP contribution in [0.5, 0.6) is 0 Å². The summed E-state index contributed by atoms with van der Waals surface area (Å²) in [6.07, 6.45) is 10.8. The molecular formula is C20H27NO. The van der Waals surface area contributed by atoms with Crippen LogP contribution in [0.4, 0.5) is 0 Å². The van der Waals surface area contributed by atoms with E-state index in [-0.39, 0.29) is 6.10 Å². The van der Waals surface area contributed by atoms with Crippen LogP contribution in [0.2, 0.25) is 0 Å². The maximum absolute atomic E-state index is 6.46. The summed E-state index contributed by atoms with van der Waals surface area (Å²) in [5.74, 6) is 1.61. The van der Waals surface area contributed by atoms with Gasteiger partial charge in [-0.3, -0.25) is 0 Å². The molecule has 3 aliphatic carbocycles. The highest BCUT2D eigenvalue weighted by atomic mass is 16.5. The van der Waals surface area contributed by atoms with Gasteiger partial charge in [-0.1, -0.05) is 31.6 Å². The Balaban J connectivity index is 1.66. The van der Waals surface area contributed by atoms with Crippen molar-refractivity contribution in [1.29, 1.82) is 0 Å². The van der Waals surface area contributed by atoms with Crippen LogP contribution in [0.3, 0.4) is 0 Å². The van der Waals surface area contributed by atoms with Crippen LogP contribution in [0.15, 0.2) is 39.4 Å². The highest BCUT2D eigenvalue weighted by molar-refractivity contribution is 5.95. The minimum Gasteiger partial charge on any atom is -0.469 e. The second kappa shape index (κ2) is 4.84. The Morgan fingerprint density at radius 2 is 2.18 bits per heavy atom. The Labute approximate surface area is 134 Å². The molecule has 1 fully saturated rings. The molecule has 4 rings (SSSR count). The molecule has 22 heavy (non-hydrogen) atoms. The summed E-state index contributed by atoms with van der Waals surface area (Å²) in [7, 11) is 0. The molecule has 2 heteroatoms. The largest absolute Gasteiger partial charge is 0.469 e. The highest BCUT2D eigenvalue weighted by Crippen LogP contribution is 2.49. The van der Waals surface area contributed by atoms with Crippen LogP contribution in [-0.4, -0.2) is 18.0 Å². The Morgan fingerprint density at radius 1 is 1.36 bits per heavy atom. The Kier molecular flexibility index (Phi) is 3.15. The lowest BCUT2D eigenvalue weighted by Crippen LogP contribution is -2.24. The third kappa shape index (κ3) is 2.28. The molecule has 0 aromatic rings. The van der Waals surface area contributed by atoms with Crippen molar-refractivity contribution in [2.24, 2.45) is 16.3 Å². The lowest BCUT2D eigenvalue weighted by Gasteiger charge is -2.27. The van der Waals surface area contributed by atoms with Crippen molar-refractivity contribution in [3.8, 4) is 0 Å². The van der Waals surface area contributed by atoms with Gasteiger partial charge in [0.05, 0.1) is 6.04 Å². The molecule has 2 nitrogen and oxygen atoms in total.